The van der Waals surface area contributed by atoms with Gasteiger partial charge in [0.15, 0.2) is 12.9 Å². The Balaban J connectivity index is 1.33. The van der Waals surface area contributed by atoms with Crippen LogP contribution < -0.4 is 21.4 Å². The lowest BCUT2D eigenvalue weighted by Gasteiger charge is -2.33. The van der Waals surface area contributed by atoms with E-state index in [1.165, 1.54) is 0 Å². The zero-order chi connectivity index (χ0) is 32.2. The average molecular weight is 615 g/mol. The molecule has 0 saturated carbocycles. The minimum Gasteiger partial charge on any atom is -0.353 e. The highest BCUT2D eigenvalue weighted by molar-refractivity contribution is 5.90. The summed E-state index contributed by atoms with van der Waals surface area (Å²) in [5.41, 5.74) is 4.08. The Morgan fingerprint density at radius 1 is 0.733 bits per heavy atom. The Kier molecular flexibility index (Phi) is 12.3. The lowest BCUT2D eigenvalue weighted by atomic mass is 9.89. The maximum Gasteiger partial charge on any atom is 0.338 e. The van der Waals surface area contributed by atoms with Gasteiger partial charge < -0.3 is 25.4 Å². The Bertz CT molecular complexity index is 1580. The number of ether oxygens (including phenoxy) is 2. The summed E-state index contributed by atoms with van der Waals surface area (Å²) >= 11 is 0. The van der Waals surface area contributed by atoms with Gasteiger partial charge in [-0.2, -0.15) is 0 Å². The number of fused-ring (bicyclic) bond motifs is 2. The molecule has 4 aromatic carbocycles. The van der Waals surface area contributed by atoms with Crippen LogP contribution in [0.1, 0.15) is 44.9 Å². The minimum absolute atomic E-state index is 0.262. The molecule has 4 N–H and O–H groups in total. The second-order valence-electron chi connectivity index (χ2n) is 10.7. The number of carbonyl (C=O) groups excluding carboxylic acids is 3. The zero-order valence-corrected chi connectivity index (χ0v) is 26.2. The molecule has 0 bridgehead atoms. The SMILES string of the molecule is CCOC(OCC)[C@@H](C)[C@H](NC(=O)C(C)NC(=O)CONC(=O)NCc1cccc2ccccc12)c1cccc2ccccc12. The standard InChI is InChI=1S/C35H42N4O6/c1-5-43-34(44-6-2)23(3)32(30-20-12-16-26-14-8-10-19-29(26)30)38-33(41)24(4)37-31(40)22-45-39-35(42)36-21-27-17-11-15-25-13-7-9-18-28(25)27/h7-20,23-24,32,34H,5-6,21-22H2,1-4H3,(H,37,40)(H,38,41)(H2,36,39,42)/t23-,24?,32-/m0/s1. The van der Waals surface area contributed by atoms with Crippen LogP contribution in [0, 0.1) is 5.92 Å². The Labute approximate surface area is 263 Å². The van der Waals surface area contributed by atoms with E-state index in [1.54, 1.807) is 6.92 Å². The third-order valence-corrected chi connectivity index (χ3v) is 7.53. The summed E-state index contributed by atoms with van der Waals surface area (Å²) in [5, 5.41) is 12.6. The van der Waals surface area contributed by atoms with E-state index in [0.717, 1.165) is 32.7 Å². The van der Waals surface area contributed by atoms with Crippen molar-refractivity contribution in [1.82, 2.24) is 21.4 Å². The smallest absolute Gasteiger partial charge is 0.338 e. The highest BCUT2D eigenvalue weighted by Gasteiger charge is 2.32. The van der Waals surface area contributed by atoms with Gasteiger partial charge in [0.1, 0.15) is 6.04 Å². The summed E-state index contributed by atoms with van der Waals surface area (Å²) in [6, 6.07) is 25.7. The van der Waals surface area contributed by atoms with E-state index < -0.39 is 36.9 Å². The van der Waals surface area contributed by atoms with Gasteiger partial charge in [-0.05, 0) is 53.4 Å². The van der Waals surface area contributed by atoms with Crippen molar-refractivity contribution in [2.45, 2.75) is 52.6 Å². The molecule has 0 heterocycles. The van der Waals surface area contributed by atoms with Crippen molar-refractivity contribution in [2.75, 3.05) is 19.8 Å². The molecule has 0 fully saturated rings. The summed E-state index contributed by atoms with van der Waals surface area (Å²) in [6.07, 6.45) is -0.555. The highest BCUT2D eigenvalue weighted by atomic mass is 16.7. The van der Waals surface area contributed by atoms with E-state index in [0.29, 0.717) is 13.2 Å². The van der Waals surface area contributed by atoms with Crippen LogP contribution in [0.15, 0.2) is 84.9 Å². The van der Waals surface area contributed by atoms with E-state index in [9.17, 15) is 14.4 Å². The molecule has 0 aromatic heterocycles. The summed E-state index contributed by atoms with van der Waals surface area (Å²) in [6.45, 7) is 8.06. The Hall–Kier alpha value is -4.51. The minimum atomic E-state index is -0.886. The van der Waals surface area contributed by atoms with E-state index in [2.05, 4.69) is 21.4 Å². The molecule has 10 heteroatoms. The molecule has 4 amide bonds. The van der Waals surface area contributed by atoms with Crippen molar-refractivity contribution in [2.24, 2.45) is 5.92 Å². The maximum atomic E-state index is 13.4. The first-order valence-electron chi connectivity index (χ1n) is 15.2. The van der Waals surface area contributed by atoms with Crippen LogP contribution in [0.3, 0.4) is 0 Å². The predicted octanol–water partition coefficient (Wildman–Crippen LogP) is 5.12. The van der Waals surface area contributed by atoms with Gasteiger partial charge in [0.2, 0.25) is 11.8 Å². The van der Waals surface area contributed by atoms with Gasteiger partial charge >= 0.3 is 6.03 Å². The van der Waals surface area contributed by atoms with Crippen LogP contribution in [0.4, 0.5) is 4.79 Å². The average Bonchev–Trinajstić information content (AvgIpc) is 3.05. The summed E-state index contributed by atoms with van der Waals surface area (Å²) in [7, 11) is 0. The van der Waals surface area contributed by atoms with Gasteiger partial charge in [0.25, 0.3) is 0 Å². The summed E-state index contributed by atoms with van der Waals surface area (Å²) in [5.74, 6) is -1.22. The van der Waals surface area contributed by atoms with Crippen molar-refractivity contribution < 1.29 is 28.7 Å². The molecule has 3 atom stereocenters. The fourth-order valence-corrected chi connectivity index (χ4v) is 5.30. The van der Waals surface area contributed by atoms with Gasteiger partial charge in [-0.15, -0.1) is 0 Å². The number of urea groups is 1. The molecule has 10 nitrogen and oxygen atoms in total. The van der Waals surface area contributed by atoms with Gasteiger partial charge in [-0.3, -0.25) is 14.4 Å². The van der Waals surface area contributed by atoms with E-state index >= 15 is 0 Å². The first-order valence-corrected chi connectivity index (χ1v) is 15.2. The van der Waals surface area contributed by atoms with Gasteiger partial charge in [0.05, 0.1) is 6.04 Å². The number of hydrogen-bond donors (Lipinski definition) is 4. The second-order valence-corrected chi connectivity index (χ2v) is 10.7. The molecular formula is C35H42N4O6. The van der Waals surface area contributed by atoms with Crippen LogP contribution in [0.5, 0.6) is 0 Å². The molecule has 0 aliphatic carbocycles. The largest absolute Gasteiger partial charge is 0.353 e. The highest BCUT2D eigenvalue weighted by Crippen LogP contribution is 2.32. The molecular weight excluding hydrogens is 572 g/mol. The maximum absolute atomic E-state index is 13.4. The molecule has 1 unspecified atom stereocenters. The normalized spacial score (nSPS) is 13.3. The number of hydroxylamine groups is 1. The monoisotopic (exact) mass is 614 g/mol. The van der Waals surface area contributed by atoms with Crippen molar-refractivity contribution in [3.63, 3.8) is 0 Å². The lowest BCUT2D eigenvalue weighted by Crippen LogP contribution is -2.49. The number of carbonyl (C=O) groups is 3. The Morgan fingerprint density at radius 2 is 1.33 bits per heavy atom. The topological polar surface area (TPSA) is 127 Å². The summed E-state index contributed by atoms with van der Waals surface area (Å²) < 4.78 is 11.8. The molecule has 0 spiro atoms. The molecule has 238 valence electrons. The Morgan fingerprint density at radius 3 is 2.02 bits per heavy atom. The fraction of sp³-hybridized carbons (Fsp3) is 0.343. The van der Waals surface area contributed by atoms with Crippen LogP contribution in [-0.4, -0.2) is 50.0 Å². The molecule has 0 aliphatic heterocycles. The number of benzene rings is 4. The van der Waals surface area contributed by atoms with Crippen molar-refractivity contribution in [1.29, 1.82) is 0 Å². The van der Waals surface area contributed by atoms with Crippen molar-refractivity contribution in [3.8, 4) is 0 Å². The molecule has 4 aromatic rings. The molecule has 0 radical (unpaired) electrons. The molecule has 4 rings (SSSR count). The first kappa shape index (κ1) is 33.4. The fourth-order valence-electron chi connectivity index (χ4n) is 5.30. The molecule has 0 aliphatic rings. The predicted molar refractivity (Wildman–Crippen MR) is 174 cm³/mol. The summed E-state index contributed by atoms with van der Waals surface area (Å²) in [4.78, 5) is 43.3. The van der Waals surface area contributed by atoms with Crippen molar-refractivity contribution in [3.05, 3.63) is 96.1 Å². The number of amides is 4. The van der Waals surface area contributed by atoms with Gasteiger partial charge in [-0.1, -0.05) is 91.9 Å². The third kappa shape index (κ3) is 9.01. The number of hydrogen-bond acceptors (Lipinski definition) is 6. The lowest BCUT2D eigenvalue weighted by molar-refractivity contribution is -0.170. The van der Waals surface area contributed by atoms with E-state index in [1.807, 2.05) is 106 Å². The van der Waals surface area contributed by atoms with Crippen LogP contribution in [0.2, 0.25) is 0 Å². The number of rotatable bonds is 15. The second kappa shape index (κ2) is 16.5. The van der Waals surface area contributed by atoms with Crippen LogP contribution in [-0.2, 0) is 30.4 Å². The third-order valence-electron chi connectivity index (χ3n) is 7.53. The van der Waals surface area contributed by atoms with Crippen molar-refractivity contribution >= 4 is 39.4 Å². The van der Waals surface area contributed by atoms with Gasteiger partial charge in [-0.25, -0.2) is 10.3 Å². The zero-order valence-electron chi connectivity index (χ0n) is 26.2. The van der Waals surface area contributed by atoms with Crippen LogP contribution >= 0.6 is 0 Å². The van der Waals surface area contributed by atoms with Gasteiger partial charge in [0, 0.05) is 25.7 Å². The molecule has 0 saturated heterocycles. The first-order chi connectivity index (χ1) is 21.8. The quantitative estimate of drug-likeness (QED) is 0.109. The van der Waals surface area contributed by atoms with Crippen LogP contribution in [0.25, 0.3) is 21.5 Å². The molecule has 45 heavy (non-hydrogen) atoms. The number of nitrogens with one attached hydrogen (secondary N) is 4. The van der Waals surface area contributed by atoms with E-state index in [4.69, 9.17) is 14.3 Å². The van der Waals surface area contributed by atoms with E-state index in [-0.39, 0.29) is 18.4 Å².